The maximum Gasteiger partial charge on any atom is 0.169 e. The van der Waals surface area contributed by atoms with Crippen LogP contribution >= 0.6 is 0 Å². The van der Waals surface area contributed by atoms with Gasteiger partial charge in [-0.15, -0.1) is 0 Å². The standard InChI is InChI=1S/C15H21F3N2/c1-3-5-7-20(8-6-4-2)15(19)12-9-11(16)10-13(17)14(12)18/h9-10,19H,3-8H2,1-2H3. The Morgan fingerprint density at radius 3 is 2.10 bits per heavy atom. The van der Waals surface area contributed by atoms with Crippen LogP contribution in [-0.2, 0) is 0 Å². The number of hydrogen-bond donors (Lipinski definition) is 1. The predicted molar refractivity (Wildman–Crippen MR) is 74.5 cm³/mol. The highest BCUT2D eigenvalue weighted by Crippen LogP contribution is 2.17. The number of benzene rings is 1. The zero-order chi connectivity index (χ0) is 15.1. The fraction of sp³-hybridized carbons (Fsp3) is 0.533. The second-order valence-corrected chi connectivity index (χ2v) is 4.79. The SMILES string of the molecule is CCCCN(CCCC)C(=N)c1cc(F)cc(F)c1F. The first kappa shape index (κ1) is 16.5. The molecule has 1 rings (SSSR count). The van der Waals surface area contributed by atoms with Gasteiger partial charge in [-0.05, 0) is 18.9 Å². The van der Waals surface area contributed by atoms with Gasteiger partial charge in [0.25, 0.3) is 0 Å². The van der Waals surface area contributed by atoms with E-state index >= 15 is 0 Å². The lowest BCUT2D eigenvalue weighted by Crippen LogP contribution is -2.33. The molecular formula is C15H21F3N2. The lowest BCUT2D eigenvalue weighted by molar-refractivity contribution is 0.393. The number of amidine groups is 1. The zero-order valence-corrected chi connectivity index (χ0v) is 12.0. The van der Waals surface area contributed by atoms with Crippen LogP contribution in [0.1, 0.15) is 45.1 Å². The molecule has 0 bridgehead atoms. The summed E-state index contributed by atoms with van der Waals surface area (Å²) in [4.78, 5) is 1.68. The molecule has 0 unspecified atom stereocenters. The van der Waals surface area contributed by atoms with Gasteiger partial charge in [0.1, 0.15) is 11.7 Å². The molecule has 0 heterocycles. The average molecular weight is 286 g/mol. The Labute approximate surface area is 118 Å². The van der Waals surface area contributed by atoms with Crippen LogP contribution in [0.2, 0.25) is 0 Å². The fourth-order valence-corrected chi connectivity index (χ4v) is 1.93. The summed E-state index contributed by atoms with van der Waals surface area (Å²) in [6.07, 6.45) is 3.59. The van der Waals surface area contributed by atoms with Crippen molar-refractivity contribution in [1.82, 2.24) is 4.90 Å². The van der Waals surface area contributed by atoms with Gasteiger partial charge in [0.2, 0.25) is 0 Å². The minimum atomic E-state index is -1.25. The molecule has 1 aromatic carbocycles. The summed E-state index contributed by atoms with van der Waals surface area (Å²) in [7, 11) is 0. The highest BCUT2D eigenvalue weighted by atomic mass is 19.2. The lowest BCUT2D eigenvalue weighted by Gasteiger charge is -2.25. The third kappa shape index (κ3) is 4.25. The van der Waals surface area contributed by atoms with Gasteiger partial charge < -0.3 is 4.90 Å². The van der Waals surface area contributed by atoms with Crippen molar-refractivity contribution in [2.24, 2.45) is 0 Å². The van der Waals surface area contributed by atoms with E-state index < -0.39 is 17.5 Å². The Morgan fingerprint density at radius 1 is 1.05 bits per heavy atom. The molecule has 0 aliphatic carbocycles. The van der Waals surface area contributed by atoms with Gasteiger partial charge in [-0.25, -0.2) is 13.2 Å². The fourth-order valence-electron chi connectivity index (χ4n) is 1.93. The first-order valence-electron chi connectivity index (χ1n) is 6.99. The summed E-state index contributed by atoms with van der Waals surface area (Å²) >= 11 is 0. The van der Waals surface area contributed by atoms with E-state index in [2.05, 4.69) is 0 Å². The van der Waals surface area contributed by atoms with E-state index in [0.717, 1.165) is 31.7 Å². The molecular weight excluding hydrogens is 265 g/mol. The van der Waals surface area contributed by atoms with E-state index in [0.29, 0.717) is 19.2 Å². The topological polar surface area (TPSA) is 27.1 Å². The van der Waals surface area contributed by atoms with E-state index in [-0.39, 0.29) is 11.4 Å². The van der Waals surface area contributed by atoms with Gasteiger partial charge in [-0.3, -0.25) is 5.41 Å². The van der Waals surface area contributed by atoms with Crippen LogP contribution < -0.4 is 0 Å². The van der Waals surface area contributed by atoms with Crippen molar-refractivity contribution in [3.63, 3.8) is 0 Å². The molecule has 0 saturated heterocycles. The molecule has 5 heteroatoms. The van der Waals surface area contributed by atoms with Crippen LogP contribution in [0, 0.1) is 22.9 Å². The van der Waals surface area contributed by atoms with Crippen LogP contribution in [0.15, 0.2) is 12.1 Å². The van der Waals surface area contributed by atoms with Crippen molar-refractivity contribution in [3.8, 4) is 0 Å². The number of nitrogens with zero attached hydrogens (tertiary/aromatic N) is 1. The number of nitrogens with one attached hydrogen (secondary N) is 1. The maximum atomic E-state index is 13.7. The first-order valence-corrected chi connectivity index (χ1v) is 6.99. The predicted octanol–water partition coefficient (Wildman–Crippen LogP) is 4.33. The van der Waals surface area contributed by atoms with E-state index in [1.807, 2.05) is 13.8 Å². The third-order valence-corrected chi connectivity index (χ3v) is 3.13. The molecule has 0 atom stereocenters. The summed E-state index contributed by atoms with van der Waals surface area (Å²) in [5, 5.41) is 8.03. The quantitative estimate of drug-likeness (QED) is 0.451. The zero-order valence-electron chi connectivity index (χ0n) is 12.0. The molecule has 20 heavy (non-hydrogen) atoms. The molecule has 2 nitrogen and oxygen atoms in total. The van der Waals surface area contributed by atoms with Crippen molar-refractivity contribution in [2.75, 3.05) is 13.1 Å². The summed E-state index contributed by atoms with van der Waals surface area (Å²) < 4.78 is 40.2. The minimum absolute atomic E-state index is 0.150. The van der Waals surface area contributed by atoms with Crippen molar-refractivity contribution in [1.29, 1.82) is 5.41 Å². The van der Waals surface area contributed by atoms with Gasteiger partial charge in [0.05, 0.1) is 5.56 Å². The van der Waals surface area contributed by atoms with Crippen molar-refractivity contribution in [2.45, 2.75) is 39.5 Å². The smallest absolute Gasteiger partial charge is 0.169 e. The number of unbranched alkanes of at least 4 members (excludes halogenated alkanes) is 2. The van der Waals surface area contributed by atoms with E-state index in [1.165, 1.54) is 0 Å². The van der Waals surface area contributed by atoms with Crippen LogP contribution in [0.4, 0.5) is 13.2 Å². The normalized spacial score (nSPS) is 10.7. The van der Waals surface area contributed by atoms with Crippen molar-refractivity contribution in [3.05, 3.63) is 35.1 Å². The van der Waals surface area contributed by atoms with Gasteiger partial charge in [-0.1, -0.05) is 26.7 Å². The second kappa shape index (κ2) is 7.92. The average Bonchev–Trinajstić information content (AvgIpc) is 2.42. The minimum Gasteiger partial charge on any atom is -0.357 e. The summed E-state index contributed by atoms with van der Waals surface area (Å²) in [5.74, 6) is -3.43. The first-order chi connectivity index (χ1) is 9.51. The molecule has 0 fully saturated rings. The molecule has 1 N–H and O–H groups in total. The summed E-state index contributed by atoms with van der Waals surface area (Å²) in [5.41, 5.74) is -0.310. The van der Waals surface area contributed by atoms with E-state index in [9.17, 15) is 13.2 Å². The maximum absolute atomic E-state index is 13.7. The highest BCUT2D eigenvalue weighted by Gasteiger charge is 2.19. The molecule has 112 valence electrons. The molecule has 0 aliphatic rings. The Morgan fingerprint density at radius 2 is 1.60 bits per heavy atom. The van der Waals surface area contributed by atoms with Crippen LogP contribution in [0.3, 0.4) is 0 Å². The molecule has 0 spiro atoms. The van der Waals surface area contributed by atoms with Crippen molar-refractivity contribution < 1.29 is 13.2 Å². The summed E-state index contributed by atoms with van der Waals surface area (Å²) in [6, 6.07) is 1.38. The number of hydrogen-bond acceptors (Lipinski definition) is 1. The van der Waals surface area contributed by atoms with E-state index in [4.69, 9.17) is 5.41 Å². The number of halogens is 3. The van der Waals surface area contributed by atoms with Gasteiger partial charge in [-0.2, -0.15) is 0 Å². The Kier molecular flexibility index (Phi) is 6.55. The Hall–Kier alpha value is -1.52. The van der Waals surface area contributed by atoms with Gasteiger partial charge >= 0.3 is 0 Å². The molecule has 0 aromatic heterocycles. The van der Waals surface area contributed by atoms with Crippen LogP contribution in [-0.4, -0.2) is 23.8 Å². The van der Waals surface area contributed by atoms with Crippen LogP contribution in [0.25, 0.3) is 0 Å². The highest BCUT2D eigenvalue weighted by molar-refractivity contribution is 5.96. The van der Waals surface area contributed by atoms with Crippen molar-refractivity contribution >= 4 is 5.84 Å². The lowest BCUT2D eigenvalue weighted by atomic mass is 10.1. The Bertz CT molecular complexity index is 453. The monoisotopic (exact) mass is 286 g/mol. The summed E-state index contributed by atoms with van der Waals surface area (Å²) in [6.45, 7) is 5.22. The third-order valence-electron chi connectivity index (χ3n) is 3.13. The molecule has 0 saturated carbocycles. The largest absolute Gasteiger partial charge is 0.357 e. The molecule has 0 radical (unpaired) electrons. The van der Waals surface area contributed by atoms with Gasteiger partial charge in [0, 0.05) is 19.2 Å². The second-order valence-electron chi connectivity index (χ2n) is 4.79. The number of rotatable bonds is 7. The van der Waals surface area contributed by atoms with Crippen LogP contribution in [0.5, 0.6) is 0 Å². The van der Waals surface area contributed by atoms with E-state index in [1.54, 1.807) is 4.90 Å². The molecule has 0 amide bonds. The molecule has 1 aromatic rings. The Balaban J connectivity index is 2.98. The molecule has 0 aliphatic heterocycles. The van der Waals surface area contributed by atoms with Gasteiger partial charge in [0.15, 0.2) is 11.6 Å².